The fourth-order valence-electron chi connectivity index (χ4n) is 1.59. The van der Waals surface area contributed by atoms with Gasteiger partial charge in [0.2, 0.25) is 0 Å². The summed E-state index contributed by atoms with van der Waals surface area (Å²) in [5.41, 5.74) is 2.05. The van der Waals surface area contributed by atoms with Gasteiger partial charge in [0.1, 0.15) is 0 Å². The van der Waals surface area contributed by atoms with Crippen LogP contribution in [0.2, 0.25) is 0 Å². The Morgan fingerprint density at radius 2 is 2.16 bits per heavy atom. The van der Waals surface area contributed by atoms with Crippen molar-refractivity contribution in [2.24, 2.45) is 0 Å². The van der Waals surface area contributed by atoms with Crippen LogP contribution >= 0.6 is 0 Å². The maximum Gasteiger partial charge on any atom is 0.257 e. The summed E-state index contributed by atoms with van der Waals surface area (Å²) in [4.78, 5) is 12.0. The first-order valence-electron chi connectivity index (χ1n) is 5.69. The van der Waals surface area contributed by atoms with Gasteiger partial charge in [-0.05, 0) is 32.0 Å². The summed E-state index contributed by atoms with van der Waals surface area (Å²) in [6.45, 7) is 3.71. The van der Waals surface area contributed by atoms with Gasteiger partial charge in [0, 0.05) is 16.8 Å². The number of H-pyrrole nitrogens is 1. The zero-order valence-corrected chi connectivity index (χ0v) is 10.9. The van der Waals surface area contributed by atoms with Crippen LogP contribution < -0.4 is 10.1 Å². The second-order valence-corrected chi connectivity index (χ2v) is 4.13. The molecule has 2 rings (SSSR count). The summed E-state index contributed by atoms with van der Waals surface area (Å²) in [5.74, 6) is -0.382. The first-order chi connectivity index (χ1) is 9.02. The quantitative estimate of drug-likeness (QED) is 0.893. The number of nitrogens with one attached hydrogen (secondary N) is 2. The van der Waals surface area contributed by atoms with Crippen molar-refractivity contribution in [1.29, 1.82) is 0 Å². The average Bonchev–Trinajstić information content (AvgIpc) is 2.71. The molecule has 19 heavy (non-hydrogen) atoms. The molecule has 0 radical (unpaired) electrons. The lowest BCUT2D eigenvalue weighted by Gasteiger charge is -2.06. The molecule has 0 saturated carbocycles. The highest BCUT2D eigenvalue weighted by atomic mass is 19.1. The van der Waals surface area contributed by atoms with Crippen LogP contribution in [-0.2, 0) is 0 Å². The largest absolute Gasteiger partial charge is 0.494 e. The second kappa shape index (κ2) is 5.09. The Balaban J connectivity index is 2.23. The predicted octanol–water partition coefficient (Wildman–Crippen LogP) is 2.43. The van der Waals surface area contributed by atoms with Crippen molar-refractivity contribution >= 4 is 11.7 Å². The number of methoxy groups -OCH3 is 1. The minimum atomic E-state index is -0.508. The van der Waals surface area contributed by atoms with Crippen LogP contribution in [0.1, 0.15) is 21.6 Å². The lowest BCUT2D eigenvalue weighted by Crippen LogP contribution is -2.13. The number of aryl methyl sites for hydroxylation is 1. The van der Waals surface area contributed by atoms with Crippen molar-refractivity contribution in [3.05, 3.63) is 40.8 Å². The molecule has 1 aromatic heterocycles. The monoisotopic (exact) mass is 263 g/mol. The van der Waals surface area contributed by atoms with Crippen LogP contribution in [-0.4, -0.2) is 23.2 Å². The molecule has 0 saturated heterocycles. The summed E-state index contributed by atoms with van der Waals surface area (Å²) < 4.78 is 18.1. The van der Waals surface area contributed by atoms with Crippen molar-refractivity contribution in [3.8, 4) is 5.75 Å². The van der Waals surface area contributed by atoms with Crippen LogP contribution in [0.15, 0.2) is 18.2 Å². The number of carbonyl (C=O) groups excluding carboxylic acids is 1. The van der Waals surface area contributed by atoms with Crippen molar-refractivity contribution in [1.82, 2.24) is 10.2 Å². The molecule has 2 aromatic rings. The van der Waals surface area contributed by atoms with Gasteiger partial charge in [-0.2, -0.15) is 5.10 Å². The van der Waals surface area contributed by atoms with E-state index < -0.39 is 5.82 Å². The molecular weight excluding hydrogens is 249 g/mol. The molecule has 0 aliphatic rings. The first kappa shape index (κ1) is 13.1. The van der Waals surface area contributed by atoms with Gasteiger partial charge < -0.3 is 10.1 Å². The average molecular weight is 263 g/mol. The number of amides is 1. The summed E-state index contributed by atoms with van der Waals surface area (Å²) in [6.07, 6.45) is 0. The van der Waals surface area contributed by atoms with Crippen LogP contribution in [0.25, 0.3) is 0 Å². The highest BCUT2D eigenvalue weighted by Gasteiger charge is 2.13. The van der Waals surface area contributed by atoms with E-state index in [1.807, 2.05) is 13.8 Å². The predicted molar refractivity (Wildman–Crippen MR) is 69.0 cm³/mol. The molecule has 1 amide bonds. The Morgan fingerprint density at radius 1 is 1.42 bits per heavy atom. The third-order valence-corrected chi connectivity index (χ3v) is 2.90. The van der Waals surface area contributed by atoms with Gasteiger partial charge in [0.15, 0.2) is 17.4 Å². The number of aromatic amines is 1. The van der Waals surface area contributed by atoms with E-state index in [2.05, 4.69) is 15.5 Å². The molecule has 0 aliphatic carbocycles. The van der Waals surface area contributed by atoms with Crippen molar-refractivity contribution in [2.45, 2.75) is 13.8 Å². The van der Waals surface area contributed by atoms with E-state index in [-0.39, 0.29) is 11.7 Å². The molecule has 6 heteroatoms. The van der Waals surface area contributed by atoms with E-state index in [0.29, 0.717) is 11.4 Å². The van der Waals surface area contributed by atoms with Gasteiger partial charge >= 0.3 is 0 Å². The van der Waals surface area contributed by atoms with Crippen LogP contribution in [0, 0.1) is 19.7 Å². The SMILES string of the molecule is COc1cc(C(=O)Nc2n[nH]c(C)c2C)ccc1F. The lowest BCUT2D eigenvalue weighted by molar-refractivity contribution is 0.102. The smallest absolute Gasteiger partial charge is 0.257 e. The number of hydrogen-bond donors (Lipinski definition) is 2. The maximum atomic E-state index is 13.3. The number of halogens is 1. The summed E-state index contributed by atoms with van der Waals surface area (Å²) in [5, 5.41) is 9.41. The number of benzene rings is 1. The van der Waals surface area contributed by atoms with Gasteiger partial charge in [-0.3, -0.25) is 9.89 Å². The molecule has 100 valence electrons. The zero-order valence-electron chi connectivity index (χ0n) is 10.9. The van der Waals surface area contributed by atoms with E-state index in [1.165, 1.54) is 25.3 Å². The number of nitrogens with zero attached hydrogens (tertiary/aromatic N) is 1. The molecule has 0 unspecified atom stereocenters. The Hall–Kier alpha value is -2.37. The highest BCUT2D eigenvalue weighted by Crippen LogP contribution is 2.20. The van der Waals surface area contributed by atoms with E-state index in [9.17, 15) is 9.18 Å². The Kier molecular flexibility index (Phi) is 3.50. The topological polar surface area (TPSA) is 67.0 Å². The van der Waals surface area contributed by atoms with Crippen molar-refractivity contribution in [3.63, 3.8) is 0 Å². The molecule has 0 spiro atoms. The molecule has 0 fully saturated rings. The Labute approximate surface area is 109 Å². The van der Waals surface area contributed by atoms with Crippen LogP contribution in [0.4, 0.5) is 10.2 Å². The molecule has 0 atom stereocenters. The third-order valence-electron chi connectivity index (χ3n) is 2.90. The number of anilines is 1. The fraction of sp³-hybridized carbons (Fsp3) is 0.231. The minimum Gasteiger partial charge on any atom is -0.494 e. The Morgan fingerprint density at radius 3 is 2.74 bits per heavy atom. The summed E-state index contributed by atoms with van der Waals surface area (Å²) in [6, 6.07) is 3.93. The fourth-order valence-corrected chi connectivity index (χ4v) is 1.59. The van der Waals surface area contributed by atoms with Gasteiger partial charge in [-0.1, -0.05) is 0 Å². The van der Waals surface area contributed by atoms with E-state index >= 15 is 0 Å². The number of carbonyl (C=O) groups is 1. The molecular formula is C13H14FN3O2. The van der Waals surface area contributed by atoms with Gasteiger partial charge in [-0.15, -0.1) is 0 Å². The lowest BCUT2D eigenvalue weighted by atomic mass is 10.2. The maximum absolute atomic E-state index is 13.3. The molecule has 0 aliphatic heterocycles. The van der Waals surface area contributed by atoms with Gasteiger partial charge in [-0.25, -0.2) is 4.39 Å². The Bertz CT molecular complexity index is 622. The zero-order chi connectivity index (χ0) is 14.0. The molecule has 0 bridgehead atoms. The molecule has 2 N–H and O–H groups in total. The first-order valence-corrected chi connectivity index (χ1v) is 5.69. The molecule has 1 aromatic carbocycles. The highest BCUT2D eigenvalue weighted by molar-refractivity contribution is 6.04. The van der Waals surface area contributed by atoms with Gasteiger partial charge in [0.05, 0.1) is 7.11 Å². The van der Waals surface area contributed by atoms with E-state index in [1.54, 1.807) is 0 Å². The molecule has 1 heterocycles. The standard InChI is InChI=1S/C13H14FN3O2/c1-7-8(2)16-17-12(7)15-13(18)9-4-5-10(14)11(6-9)19-3/h4-6H,1-3H3,(H2,15,16,17,18). The third kappa shape index (κ3) is 2.57. The van der Waals surface area contributed by atoms with Gasteiger partial charge in [0.25, 0.3) is 5.91 Å². The van der Waals surface area contributed by atoms with Crippen molar-refractivity contribution in [2.75, 3.05) is 12.4 Å². The number of hydrogen-bond acceptors (Lipinski definition) is 3. The number of rotatable bonds is 3. The normalized spacial score (nSPS) is 10.3. The van der Waals surface area contributed by atoms with E-state index in [0.717, 1.165) is 11.3 Å². The summed E-state index contributed by atoms with van der Waals surface area (Å²) in [7, 11) is 1.35. The minimum absolute atomic E-state index is 0.0302. The second-order valence-electron chi connectivity index (χ2n) is 4.13. The number of aromatic nitrogens is 2. The van der Waals surface area contributed by atoms with Crippen molar-refractivity contribution < 1.29 is 13.9 Å². The number of ether oxygens (including phenoxy) is 1. The van der Waals surface area contributed by atoms with E-state index in [4.69, 9.17) is 4.74 Å². The molecule has 5 nitrogen and oxygen atoms in total. The van der Waals surface area contributed by atoms with Crippen LogP contribution in [0.5, 0.6) is 5.75 Å². The summed E-state index contributed by atoms with van der Waals surface area (Å²) >= 11 is 0. The van der Waals surface area contributed by atoms with Crippen LogP contribution in [0.3, 0.4) is 0 Å².